The second-order valence-corrected chi connectivity index (χ2v) is 9.46. The Labute approximate surface area is 232 Å². The van der Waals surface area contributed by atoms with E-state index in [4.69, 9.17) is 0 Å². The highest BCUT2D eigenvalue weighted by molar-refractivity contribution is 6.06. The van der Waals surface area contributed by atoms with Crippen LogP contribution in [0.15, 0.2) is 158 Å². The molecule has 5 aromatic carbocycles. The summed E-state index contributed by atoms with van der Waals surface area (Å²) in [6.45, 7) is 8.29. The molecule has 0 aliphatic heterocycles. The number of hydrogen-bond acceptors (Lipinski definition) is 2. The molecule has 0 fully saturated rings. The molecule has 0 amide bonds. The molecule has 0 heterocycles. The lowest BCUT2D eigenvalue weighted by molar-refractivity contribution is 1.18. The molecule has 0 atom stereocenters. The van der Waals surface area contributed by atoms with E-state index >= 15 is 0 Å². The Morgan fingerprint density at radius 2 is 1.18 bits per heavy atom. The average Bonchev–Trinajstić information content (AvgIpc) is 2.99. The van der Waals surface area contributed by atoms with Crippen molar-refractivity contribution in [1.29, 1.82) is 0 Å². The van der Waals surface area contributed by atoms with Gasteiger partial charge >= 0.3 is 0 Å². The van der Waals surface area contributed by atoms with Crippen LogP contribution in [0.3, 0.4) is 0 Å². The molecule has 2 heteroatoms. The van der Waals surface area contributed by atoms with Crippen molar-refractivity contribution in [1.82, 2.24) is 0 Å². The van der Waals surface area contributed by atoms with Crippen LogP contribution in [0.25, 0.3) is 10.8 Å². The lowest BCUT2D eigenvalue weighted by Crippen LogP contribution is -2.16. The van der Waals surface area contributed by atoms with Crippen LogP contribution in [0.2, 0.25) is 0 Å². The maximum Gasteiger partial charge on any atom is 0.0541 e. The van der Waals surface area contributed by atoms with Crippen LogP contribution in [0.5, 0.6) is 0 Å². The van der Waals surface area contributed by atoms with E-state index in [0.29, 0.717) is 0 Å². The van der Waals surface area contributed by atoms with Gasteiger partial charge in [-0.15, -0.1) is 0 Å². The zero-order chi connectivity index (χ0) is 27.0. The number of rotatable bonds is 9. The molecule has 39 heavy (non-hydrogen) atoms. The number of benzene rings is 5. The molecule has 0 bridgehead atoms. The first-order valence-corrected chi connectivity index (χ1v) is 13.5. The summed E-state index contributed by atoms with van der Waals surface area (Å²) in [6.07, 6.45) is 9.26. The normalized spacial score (nSPS) is 11.6. The number of nitrogens with zero attached hydrogens (tertiary/aromatic N) is 2. The van der Waals surface area contributed by atoms with Crippen LogP contribution in [0.4, 0.5) is 28.4 Å². The van der Waals surface area contributed by atoms with Crippen molar-refractivity contribution in [2.24, 2.45) is 0 Å². The van der Waals surface area contributed by atoms with Crippen LogP contribution < -0.4 is 9.80 Å². The van der Waals surface area contributed by atoms with E-state index < -0.39 is 0 Å². The lowest BCUT2D eigenvalue weighted by atomic mass is 10.0. The fourth-order valence-electron chi connectivity index (χ4n) is 4.92. The summed E-state index contributed by atoms with van der Waals surface area (Å²) in [7, 11) is 0. The Kier molecular flexibility index (Phi) is 8.04. The second kappa shape index (κ2) is 12.1. The van der Waals surface area contributed by atoms with Crippen molar-refractivity contribution >= 4 is 39.2 Å². The molecular weight excluding hydrogens is 472 g/mol. The minimum Gasteiger partial charge on any atom is -0.310 e. The number of allylic oxidation sites excluding steroid dienone is 4. The van der Waals surface area contributed by atoms with Gasteiger partial charge in [0.05, 0.1) is 11.4 Å². The highest BCUT2D eigenvalue weighted by atomic mass is 15.2. The van der Waals surface area contributed by atoms with E-state index in [2.05, 4.69) is 170 Å². The first-order chi connectivity index (χ1) is 19.2. The zero-order valence-electron chi connectivity index (χ0n) is 22.7. The van der Waals surface area contributed by atoms with Crippen molar-refractivity contribution in [2.45, 2.75) is 20.3 Å². The van der Waals surface area contributed by atoms with Gasteiger partial charge in [-0.1, -0.05) is 104 Å². The Morgan fingerprint density at radius 1 is 0.641 bits per heavy atom. The maximum atomic E-state index is 4.01. The minimum absolute atomic E-state index is 0.958. The molecular formula is C37H34N2. The smallest absolute Gasteiger partial charge is 0.0541 e. The summed E-state index contributed by atoms with van der Waals surface area (Å²) in [5, 5.41) is 2.35. The van der Waals surface area contributed by atoms with E-state index in [1.807, 2.05) is 6.08 Å². The summed E-state index contributed by atoms with van der Waals surface area (Å²) >= 11 is 0. The van der Waals surface area contributed by atoms with Gasteiger partial charge in [0.2, 0.25) is 0 Å². The number of fused-ring (bicyclic) bond motifs is 1. The van der Waals surface area contributed by atoms with Crippen LogP contribution in [-0.4, -0.2) is 0 Å². The second-order valence-electron chi connectivity index (χ2n) is 9.46. The SMILES string of the molecule is C=C/C=C(\C=C/CC)N(c1ccccc1)c1ccc(N(c2ccccc2)c2ccc(C)cc2)c2ccccc12. The molecule has 5 aromatic rings. The van der Waals surface area contributed by atoms with Crippen LogP contribution in [-0.2, 0) is 0 Å². The van der Waals surface area contributed by atoms with Gasteiger partial charge in [-0.05, 0) is 74.0 Å². The van der Waals surface area contributed by atoms with Gasteiger partial charge in [-0.2, -0.15) is 0 Å². The molecule has 0 saturated carbocycles. The molecule has 0 aromatic heterocycles. The molecule has 192 valence electrons. The monoisotopic (exact) mass is 506 g/mol. The third-order valence-corrected chi connectivity index (χ3v) is 6.75. The third-order valence-electron chi connectivity index (χ3n) is 6.75. The average molecular weight is 507 g/mol. The number of hydrogen-bond donors (Lipinski definition) is 0. The van der Waals surface area contributed by atoms with Gasteiger partial charge in [0.25, 0.3) is 0 Å². The quantitative estimate of drug-likeness (QED) is 0.183. The minimum atomic E-state index is 0.958. The largest absolute Gasteiger partial charge is 0.310 e. The standard InChI is InChI=1S/C37H34N2/c1-4-6-16-30(15-5-2)38(31-17-9-7-10-18-31)36-27-28-37(35-22-14-13-21-34(35)36)39(32-19-11-8-12-20-32)33-25-23-29(3)24-26-33/h5-28H,2,4H2,1,3H3/b16-6-,30-15+. The Morgan fingerprint density at radius 3 is 1.79 bits per heavy atom. The molecule has 0 saturated heterocycles. The van der Waals surface area contributed by atoms with Crippen molar-refractivity contribution in [2.75, 3.05) is 9.80 Å². The Balaban J connectivity index is 1.76. The Hall–Kier alpha value is -4.82. The van der Waals surface area contributed by atoms with Crippen LogP contribution >= 0.6 is 0 Å². The van der Waals surface area contributed by atoms with E-state index in [1.165, 1.54) is 16.3 Å². The van der Waals surface area contributed by atoms with Crippen LogP contribution in [0.1, 0.15) is 18.9 Å². The molecule has 0 spiro atoms. The molecule has 0 aliphatic rings. The summed E-state index contributed by atoms with van der Waals surface area (Å²) in [5.41, 5.74) is 7.91. The molecule has 2 nitrogen and oxygen atoms in total. The summed E-state index contributed by atoms with van der Waals surface area (Å²) in [5.74, 6) is 0. The van der Waals surface area contributed by atoms with Gasteiger partial charge in [-0.3, -0.25) is 0 Å². The van der Waals surface area contributed by atoms with Gasteiger partial charge < -0.3 is 9.80 Å². The van der Waals surface area contributed by atoms with Crippen molar-refractivity contribution in [3.05, 3.63) is 163 Å². The van der Waals surface area contributed by atoms with Gasteiger partial charge in [0.1, 0.15) is 0 Å². The third kappa shape index (κ3) is 5.56. The maximum absolute atomic E-state index is 4.01. The molecule has 0 radical (unpaired) electrons. The number of aryl methyl sites for hydroxylation is 1. The van der Waals surface area contributed by atoms with E-state index in [9.17, 15) is 0 Å². The zero-order valence-corrected chi connectivity index (χ0v) is 22.7. The van der Waals surface area contributed by atoms with Gasteiger partial charge in [0, 0.05) is 33.5 Å². The summed E-state index contributed by atoms with van der Waals surface area (Å²) in [6, 6.07) is 43.0. The van der Waals surface area contributed by atoms with Crippen molar-refractivity contribution < 1.29 is 0 Å². The summed E-state index contributed by atoms with van der Waals surface area (Å²) in [4.78, 5) is 4.66. The Bertz CT molecular complexity index is 1600. The first-order valence-electron chi connectivity index (χ1n) is 13.5. The van der Waals surface area contributed by atoms with E-state index in [0.717, 1.165) is 40.6 Å². The topological polar surface area (TPSA) is 6.48 Å². The number of para-hydroxylation sites is 2. The molecule has 0 N–H and O–H groups in total. The summed E-state index contributed by atoms with van der Waals surface area (Å²) < 4.78 is 0. The van der Waals surface area contributed by atoms with E-state index in [1.54, 1.807) is 0 Å². The van der Waals surface area contributed by atoms with Gasteiger partial charge in [-0.25, -0.2) is 0 Å². The van der Waals surface area contributed by atoms with E-state index in [-0.39, 0.29) is 0 Å². The van der Waals surface area contributed by atoms with Crippen molar-refractivity contribution in [3.63, 3.8) is 0 Å². The predicted octanol–water partition coefficient (Wildman–Crippen LogP) is 10.8. The fourth-order valence-corrected chi connectivity index (χ4v) is 4.92. The highest BCUT2D eigenvalue weighted by Gasteiger charge is 2.20. The molecule has 0 aliphatic carbocycles. The van der Waals surface area contributed by atoms with Crippen LogP contribution in [0, 0.1) is 6.92 Å². The van der Waals surface area contributed by atoms with Crippen molar-refractivity contribution in [3.8, 4) is 0 Å². The highest BCUT2D eigenvalue weighted by Crippen LogP contribution is 2.44. The molecule has 5 rings (SSSR count). The predicted molar refractivity (Wildman–Crippen MR) is 170 cm³/mol. The lowest BCUT2D eigenvalue weighted by Gasteiger charge is -2.31. The van der Waals surface area contributed by atoms with Gasteiger partial charge in [0.15, 0.2) is 0 Å². The molecule has 0 unspecified atom stereocenters. The number of anilines is 5. The first kappa shape index (κ1) is 25.8. The fraction of sp³-hybridized carbons (Fsp3) is 0.0811.